The standard InChI is InChI=1S/C24H29ClN4O2S/c1-16-9-11-19(12-10-16)29-21(17(2)26-22(30)24(3,4)15-25)27-28-23(29)32-14-18-7-6-8-20(13-18)31-5/h6-13,17H,14-15H2,1-5H3,(H,26,30). The smallest absolute Gasteiger partial charge is 0.227 e. The fourth-order valence-electron chi connectivity index (χ4n) is 3.02. The number of thioether (sulfide) groups is 1. The number of hydrogen-bond donors (Lipinski definition) is 1. The van der Waals surface area contributed by atoms with Crippen molar-refractivity contribution in [1.29, 1.82) is 0 Å². The molecule has 1 aromatic heterocycles. The van der Waals surface area contributed by atoms with E-state index in [-0.39, 0.29) is 17.8 Å². The summed E-state index contributed by atoms with van der Waals surface area (Å²) in [6.07, 6.45) is 0. The van der Waals surface area contributed by atoms with Crippen molar-refractivity contribution in [3.05, 3.63) is 65.5 Å². The zero-order chi connectivity index (χ0) is 23.3. The molecule has 6 nitrogen and oxygen atoms in total. The maximum Gasteiger partial charge on any atom is 0.227 e. The lowest BCUT2D eigenvalue weighted by molar-refractivity contribution is -0.129. The number of halogens is 1. The number of amides is 1. The van der Waals surface area contributed by atoms with Gasteiger partial charge in [-0.3, -0.25) is 9.36 Å². The molecule has 2 aromatic carbocycles. The Kier molecular flexibility index (Phi) is 7.85. The van der Waals surface area contributed by atoms with Gasteiger partial charge in [0.15, 0.2) is 11.0 Å². The zero-order valence-corrected chi connectivity index (χ0v) is 20.6. The summed E-state index contributed by atoms with van der Waals surface area (Å²) in [6, 6.07) is 15.8. The lowest BCUT2D eigenvalue weighted by Crippen LogP contribution is -2.40. The normalized spacial score (nSPS) is 12.4. The van der Waals surface area contributed by atoms with Crippen LogP contribution in [0.25, 0.3) is 5.69 Å². The van der Waals surface area contributed by atoms with Gasteiger partial charge in [-0.05, 0) is 57.5 Å². The van der Waals surface area contributed by atoms with E-state index in [1.54, 1.807) is 18.9 Å². The SMILES string of the molecule is COc1cccc(CSc2nnc(C(C)NC(=O)C(C)(C)CCl)n2-c2ccc(C)cc2)c1. The van der Waals surface area contributed by atoms with Crippen molar-refractivity contribution in [2.24, 2.45) is 5.41 Å². The Morgan fingerprint density at radius 2 is 1.94 bits per heavy atom. The number of benzene rings is 2. The molecule has 1 amide bonds. The number of carbonyl (C=O) groups excluding carboxylic acids is 1. The van der Waals surface area contributed by atoms with Crippen LogP contribution in [0.1, 0.15) is 43.8 Å². The fraction of sp³-hybridized carbons (Fsp3) is 0.375. The minimum Gasteiger partial charge on any atom is -0.497 e. The Bertz CT molecular complexity index is 1070. The van der Waals surface area contributed by atoms with E-state index in [4.69, 9.17) is 16.3 Å². The van der Waals surface area contributed by atoms with Gasteiger partial charge in [0.05, 0.1) is 18.6 Å². The molecule has 1 unspecified atom stereocenters. The zero-order valence-electron chi connectivity index (χ0n) is 19.1. The van der Waals surface area contributed by atoms with Gasteiger partial charge in [-0.1, -0.05) is 41.6 Å². The number of aryl methyl sites for hydroxylation is 1. The van der Waals surface area contributed by atoms with E-state index >= 15 is 0 Å². The van der Waals surface area contributed by atoms with Crippen LogP contribution in [-0.4, -0.2) is 33.7 Å². The van der Waals surface area contributed by atoms with E-state index in [2.05, 4.69) is 33.7 Å². The maximum atomic E-state index is 12.7. The molecule has 1 heterocycles. The summed E-state index contributed by atoms with van der Waals surface area (Å²) in [5.41, 5.74) is 2.56. The van der Waals surface area contributed by atoms with Gasteiger partial charge < -0.3 is 10.1 Å². The highest BCUT2D eigenvalue weighted by Crippen LogP contribution is 2.29. The van der Waals surface area contributed by atoms with Crippen molar-refractivity contribution >= 4 is 29.3 Å². The van der Waals surface area contributed by atoms with Gasteiger partial charge in [-0.25, -0.2) is 0 Å². The molecular formula is C24H29ClN4O2S. The highest BCUT2D eigenvalue weighted by Gasteiger charge is 2.29. The van der Waals surface area contributed by atoms with Crippen molar-refractivity contribution in [3.63, 3.8) is 0 Å². The summed E-state index contributed by atoms with van der Waals surface area (Å²) in [6.45, 7) is 7.60. The lowest BCUT2D eigenvalue weighted by atomic mass is 9.95. The summed E-state index contributed by atoms with van der Waals surface area (Å²) in [7, 11) is 1.66. The summed E-state index contributed by atoms with van der Waals surface area (Å²) >= 11 is 7.56. The van der Waals surface area contributed by atoms with E-state index in [9.17, 15) is 4.79 Å². The van der Waals surface area contributed by atoms with Crippen LogP contribution in [0.4, 0.5) is 0 Å². The van der Waals surface area contributed by atoms with Crippen molar-refractivity contribution in [2.45, 2.75) is 44.6 Å². The summed E-state index contributed by atoms with van der Waals surface area (Å²) in [4.78, 5) is 12.7. The minimum absolute atomic E-state index is 0.121. The van der Waals surface area contributed by atoms with Gasteiger partial charge in [-0.15, -0.1) is 21.8 Å². The molecule has 0 spiro atoms. The monoisotopic (exact) mass is 472 g/mol. The first kappa shape index (κ1) is 24.1. The lowest BCUT2D eigenvalue weighted by Gasteiger charge is -2.23. The Labute approximate surface area is 198 Å². The number of hydrogen-bond acceptors (Lipinski definition) is 5. The predicted molar refractivity (Wildman–Crippen MR) is 130 cm³/mol. The molecule has 0 bridgehead atoms. The second-order valence-electron chi connectivity index (χ2n) is 8.36. The summed E-state index contributed by atoms with van der Waals surface area (Å²) < 4.78 is 7.33. The van der Waals surface area contributed by atoms with Crippen molar-refractivity contribution in [2.75, 3.05) is 13.0 Å². The van der Waals surface area contributed by atoms with Crippen molar-refractivity contribution < 1.29 is 9.53 Å². The van der Waals surface area contributed by atoms with Crippen LogP contribution in [0.2, 0.25) is 0 Å². The van der Waals surface area contributed by atoms with Crippen LogP contribution in [0.15, 0.2) is 53.7 Å². The van der Waals surface area contributed by atoms with Gasteiger partial charge in [0, 0.05) is 17.3 Å². The van der Waals surface area contributed by atoms with Crippen LogP contribution in [0, 0.1) is 12.3 Å². The molecule has 8 heteroatoms. The van der Waals surface area contributed by atoms with Crippen LogP contribution in [0.3, 0.4) is 0 Å². The van der Waals surface area contributed by atoms with E-state index in [1.807, 2.05) is 62.6 Å². The third-order valence-corrected chi connectivity index (χ3v) is 6.80. The Balaban J connectivity index is 1.91. The molecule has 0 radical (unpaired) electrons. The van der Waals surface area contributed by atoms with Crippen LogP contribution in [0.5, 0.6) is 5.75 Å². The average Bonchev–Trinajstić information content (AvgIpc) is 3.22. The number of rotatable bonds is 9. The predicted octanol–water partition coefficient (Wildman–Crippen LogP) is 5.32. The Morgan fingerprint density at radius 3 is 2.59 bits per heavy atom. The van der Waals surface area contributed by atoms with Crippen LogP contribution < -0.4 is 10.1 Å². The summed E-state index contributed by atoms with van der Waals surface area (Å²) in [5, 5.41) is 12.7. The third kappa shape index (κ3) is 5.64. The van der Waals surface area contributed by atoms with Gasteiger partial charge in [0.1, 0.15) is 5.75 Å². The van der Waals surface area contributed by atoms with E-state index < -0.39 is 5.41 Å². The molecule has 3 rings (SSSR count). The van der Waals surface area contributed by atoms with Crippen molar-refractivity contribution in [1.82, 2.24) is 20.1 Å². The molecule has 1 atom stereocenters. The number of ether oxygens (including phenoxy) is 1. The number of carbonyl (C=O) groups is 1. The molecule has 1 N–H and O–H groups in total. The summed E-state index contributed by atoms with van der Waals surface area (Å²) in [5.74, 6) is 2.31. The second-order valence-corrected chi connectivity index (χ2v) is 9.57. The van der Waals surface area contributed by atoms with Gasteiger partial charge >= 0.3 is 0 Å². The van der Waals surface area contributed by atoms with E-state index in [1.165, 1.54) is 5.56 Å². The second kappa shape index (κ2) is 10.4. The molecule has 0 saturated carbocycles. The number of nitrogens with zero attached hydrogens (tertiary/aromatic N) is 3. The number of methoxy groups -OCH3 is 1. The highest BCUT2D eigenvalue weighted by atomic mass is 35.5. The third-order valence-electron chi connectivity index (χ3n) is 5.14. The molecular weight excluding hydrogens is 444 g/mol. The Morgan fingerprint density at radius 1 is 1.22 bits per heavy atom. The molecule has 0 aliphatic carbocycles. The average molecular weight is 473 g/mol. The highest BCUT2D eigenvalue weighted by molar-refractivity contribution is 7.98. The topological polar surface area (TPSA) is 69.0 Å². The first-order valence-corrected chi connectivity index (χ1v) is 11.9. The van der Waals surface area contributed by atoms with Crippen molar-refractivity contribution in [3.8, 4) is 11.4 Å². The van der Waals surface area contributed by atoms with E-state index in [0.29, 0.717) is 11.6 Å². The molecule has 32 heavy (non-hydrogen) atoms. The molecule has 170 valence electrons. The number of alkyl halides is 1. The van der Waals surface area contributed by atoms with Crippen LogP contribution in [-0.2, 0) is 10.5 Å². The molecule has 3 aromatic rings. The van der Waals surface area contributed by atoms with Gasteiger partial charge in [0.25, 0.3) is 0 Å². The molecule has 0 aliphatic heterocycles. The van der Waals surface area contributed by atoms with Crippen LogP contribution >= 0.6 is 23.4 Å². The van der Waals surface area contributed by atoms with Gasteiger partial charge in [-0.2, -0.15) is 0 Å². The maximum absolute atomic E-state index is 12.7. The first-order valence-electron chi connectivity index (χ1n) is 10.4. The quantitative estimate of drug-likeness (QED) is 0.337. The van der Waals surface area contributed by atoms with Gasteiger partial charge in [0.2, 0.25) is 5.91 Å². The largest absolute Gasteiger partial charge is 0.497 e. The number of aromatic nitrogens is 3. The molecule has 0 aliphatic rings. The molecule has 0 saturated heterocycles. The fourth-order valence-corrected chi connectivity index (χ4v) is 4.04. The number of nitrogens with one attached hydrogen (secondary N) is 1. The Hall–Kier alpha value is -2.51. The minimum atomic E-state index is -0.672. The molecule has 0 fully saturated rings. The first-order chi connectivity index (χ1) is 15.2. The van der Waals surface area contributed by atoms with E-state index in [0.717, 1.165) is 22.2 Å².